The van der Waals surface area contributed by atoms with Crippen molar-refractivity contribution in [1.82, 2.24) is 0 Å². The maximum absolute atomic E-state index is 8.60. The van der Waals surface area contributed by atoms with Gasteiger partial charge in [0.25, 0.3) is 0 Å². The minimum Gasteiger partial charge on any atom is -0.498 e. The Kier molecular flexibility index (Phi) is 5.57. The molecule has 0 aromatic rings. The maximum Gasteiger partial charge on any atom is 0.154 e. The third kappa shape index (κ3) is 3.97. The third-order valence-electron chi connectivity index (χ3n) is 0.892. The van der Waals surface area contributed by atoms with Crippen LogP contribution in [0.5, 0.6) is 0 Å². The molecule has 0 saturated carbocycles. The summed E-state index contributed by atoms with van der Waals surface area (Å²) < 4.78 is 9.60. The number of aliphatic hydroxyl groups excluding tert-OH is 1. The summed E-state index contributed by atoms with van der Waals surface area (Å²) in [6.45, 7) is 6.90. The molecule has 0 unspecified atom stereocenters. The molecule has 0 aliphatic rings. The lowest BCUT2D eigenvalue weighted by molar-refractivity contribution is 0.0270. The highest BCUT2D eigenvalue weighted by atomic mass is 16.5. The van der Waals surface area contributed by atoms with E-state index in [2.05, 4.69) is 13.2 Å². The molecule has 0 bridgehead atoms. The van der Waals surface area contributed by atoms with Gasteiger partial charge in [-0.25, -0.2) is 0 Å². The predicted octanol–water partition coefficient (Wildman–Crippen LogP) is 0.667. The molecule has 0 fully saturated rings. The molecule has 0 aliphatic heterocycles. The summed E-state index contributed by atoms with van der Waals surface area (Å²) in [5.41, 5.74) is 0. The van der Waals surface area contributed by atoms with Gasteiger partial charge < -0.3 is 14.6 Å². The van der Waals surface area contributed by atoms with E-state index < -0.39 is 0 Å². The van der Waals surface area contributed by atoms with Gasteiger partial charge in [0.05, 0.1) is 19.1 Å². The molecule has 0 aliphatic carbocycles. The third-order valence-corrected chi connectivity index (χ3v) is 0.892. The minimum atomic E-state index is -0.338. The van der Waals surface area contributed by atoms with Crippen LogP contribution in [0.2, 0.25) is 0 Å². The Morgan fingerprint density at radius 2 is 2.10 bits per heavy atom. The highest BCUT2D eigenvalue weighted by molar-refractivity contribution is 4.62. The predicted molar refractivity (Wildman–Crippen MR) is 38.3 cm³/mol. The van der Waals surface area contributed by atoms with Crippen LogP contribution < -0.4 is 0 Å². The van der Waals surface area contributed by atoms with Crippen molar-refractivity contribution in [1.29, 1.82) is 0 Å². The Balaban J connectivity index is 3.38. The van der Waals surface area contributed by atoms with Crippen molar-refractivity contribution in [2.45, 2.75) is 6.10 Å². The maximum atomic E-state index is 8.60. The van der Waals surface area contributed by atoms with E-state index in [0.29, 0.717) is 6.61 Å². The number of aliphatic hydroxyl groups is 1. The molecular formula is C7H12O3. The van der Waals surface area contributed by atoms with Crippen molar-refractivity contribution < 1.29 is 14.6 Å². The lowest BCUT2D eigenvalue weighted by Crippen LogP contribution is -2.20. The van der Waals surface area contributed by atoms with Gasteiger partial charge in [0.2, 0.25) is 0 Å². The summed E-state index contributed by atoms with van der Waals surface area (Å²) in [4.78, 5) is 0. The second-order valence-electron chi connectivity index (χ2n) is 1.61. The number of rotatable bonds is 6. The van der Waals surface area contributed by atoms with Crippen LogP contribution in [0.25, 0.3) is 0 Å². The highest BCUT2D eigenvalue weighted by Crippen LogP contribution is 1.92. The first-order valence-corrected chi connectivity index (χ1v) is 2.95. The molecule has 1 N–H and O–H groups in total. The van der Waals surface area contributed by atoms with Gasteiger partial charge in [-0.2, -0.15) is 0 Å². The molecule has 1 atom stereocenters. The number of hydrogen-bond acceptors (Lipinski definition) is 3. The fourth-order valence-corrected chi connectivity index (χ4v) is 0.446. The highest BCUT2D eigenvalue weighted by Gasteiger charge is 2.04. The number of hydrogen-bond donors (Lipinski definition) is 1. The van der Waals surface area contributed by atoms with E-state index in [4.69, 9.17) is 14.6 Å². The molecule has 0 rings (SSSR count). The van der Waals surface area contributed by atoms with E-state index in [0.717, 1.165) is 0 Å². The van der Waals surface area contributed by atoms with Crippen molar-refractivity contribution in [2.24, 2.45) is 0 Å². The summed E-state index contributed by atoms with van der Waals surface area (Å²) in [6, 6.07) is 0. The Labute approximate surface area is 60.6 Å². The van der Waals surface area contributed by atoms with E-state index >= 15 is 0 Å². The first kappa shape index (κ1) is 9.04. The van der Waals surface area contributed by atoms with Crippen LogP contribution in [0, 0.1) is 0 Å². The molecule has 0 saturated heterocycles. The van der Waals surface area contributed by atoms with E-state index in [1.54, 1.807) is 0 Å². The fraction of sp³-hybridized carbons (Fsp3) is 0.429. The van der Waals surface area contributed by atoms with Crippen LogP contribution in [-0.4, -0.2) is 24.4 Å². The van der Waals surface area contributed by atoms with E-state index in [1.165, 1.54) is 12.5 Å². The van der Waals surface area contributed by atoms with Gasteiger partial charge in [-0.05, 0) is 0 Å². The van der Waals surface area contributed by atoms with E-state index in [9.17, 15) is 0 Å². The van der Waals surface area contributed by atoms with E-state index in [-0.39, 0.29) is 12.7 Å². The topological polar surface area (TPSA) is 38.7 Å². The molecule has 58 valence electrons. The van der Waals surface area contributed by atoms with Crippen LogP contribution in [0.4, 0.5) is 0 Å². The van der Waals surface area contributed by atoms with Gasteiger partial charge >= 0.3 is 0 Å². The first-order chi connectivity index (χ1) is 4.85. The Morgan fingerprint density at radius 1 is 1.40 bits per heavy atom. The average molecular weight is 144 g/mol. The summed E-state index contributed by atoms with van der Waals surface area (Å²) in [7, 11) is 0. The van der Waals surface area contributed by atoms with Crippen LogP contribution >= 0.6 is 0 Å². The molecule has 10 heavy (non-hydrogen) atoms. The monoisotopic (exact) mass is 144 g/mol. The lowest BCUT2D eigenvalue weighted by Gasteiger charge is -2.11. The molecular weight excluding hydrogens is 132 g/mol. The molecule has 3 heteroatoms. The number of ether oxygens (including phenoxy) is 2. The van der Waals surface area contributed by atoms with Gasteiger partial charge in [-0.15, -0.1) is 0 Å². The summed E-state index contributed by atoms with van der Waals surface area (Å²) in [5, 5.41) is 8.60. The van der Waals surface area contributed by atoms with Gasteiger partial charge in [0.15, 0.2) is 6.10 Å². The summed E-state index contributed by atoms with van der Waals surface area (Å²) >= 11 is 0. The van der Waals surface area contributed by atoms with Crippen LogP contribution in [0.15, 0.2) is 25.7 Å². The normalized spacial score (nSPS) is 11.7. The molecule has 0 radical (unpaired) electrons. The van der Waals surface area contributed by atoms with Crippen LogP contribution in [0.3, 0.4) is 0 Å². The fourth-order valence-electron chi connectivity index (χ4n) is 0.446. The van der Waals surface area contributed by atoms with Crippen molar-refractivity contribution >= 4 is 0 Å². The Hall–Kier alpha value is -0.960. The SMILES string of the molecule is C=COC[C@H](CO)OC=C. The largest absolute Gasteiger partial charge is 0.498 e. The molecule has 3 nitrogen and oxygen atoms in total. The Bertz CT molecular complexity index is 101. The minimum absolute atomic E-state index is 0.0835. The molecule has 0 spiro atoms. The first-order valence-electron chi connectivity index (χ1n) is 2.95. The van der Waals surface area contributed by atoms with E-state index in [1.807, 2.05) is 0 Å². The second kappa shape index (κ2) is 6.16. The van der Waals surface area contributed by atoms with Crippen molar-refractivity contribution in [3.8, 4) is 0 Å². The van der Waals surface area contributed by atoms with Crippen molar-refractivity contribution in [2.75, 3.05) is 13.2 Å². The molecule has 0 aromatic heterocycles. The zero-order valence-corrected chi connectivity index (χ0v) is 5.82. The van der Waals surface area contributed by atoms with Gasteiger partial charge in [-0.3, -0.25) is 0 Å². The van der Waals surface area contributed by atoms with Gasteiger partial charge in [-0.1, -0.05) is 13.2 Å². The van der Waals surface area contributed by atoms with Crippen LogP contribution in [-0.2, 0) is 9.47 Å². The molecule has 0 heterocycles. The van der Waals surface area contributed by atoms with Crippen LogP contribution in [0.1, 0.15) is 0 Å². The molecule has 0 aromatic carbocycles. The van der Waals surface area contributed by atoms with Crippen molar-refractivity contribution in [3.63, 3.8) is 0 Å². The lowest BCUT2D eigenvalue weighted by atomic mass is 10.4. The van der Waals surface area contributed by atoms with Crippen molar-refractivity contribution in [3.05, 3.63) is 25.7 Å². The van der Waals surface area contributed by atoms with Gasteiger partial charge in [0, 0.05) is 0 Å². The van der Waals surface area contributed by atoms with Gasteiger partial charge in [0.1, 0.15) is 6.61 Å². The zero-order chi connectivity index (χ0) is 7.82. The standard InChI is InChI=1S/C7H12O3/c1-3-9-6-7(5-8)10-4-2/h3-4,7-8H,1-2,5-6H2/t7-/m0/s1. The molecule has 0 amide bonds. The smallest absolute Gasteiger partial charge is 0.154 e. The second-order valence-corrected chi connectivity index (χ2v) is 1.61. The quantitative estimate of drug-likeness (QED) is 0.557. The average Bonchev–Trinajstić information content (AvgIpc) is 1.98. The Morgan fingerprint density at radius 3 is 2.50 bits per heavy atom. The summed E-state index contributed by atoms with van der Waals surface area (Å²) in [6.07, 6.45) is 2.23. The summed E-state index contributed by atoms with van der Waals surface area (Å²) in [5.74, 6) is 0. The zero-order valence-electron chi connectivity index (χ0n) is 5.82.